The van der Waals surface area contributed by atoms with E-state index in [-0.39, 0.29) is 15.7 Å². The van der Waals surface area contributed by atoms with Gasteiger partial charge < -0.3 is 9.84 Å². The van der Waals surface area contributed by atoms with E-state index < -0.39 is 23.1 Å². The highest BCUT2D eigenvalue weighted by molar-refractivity contribution is 7.88. The van der Waals surface area contributed by atoms with Crippen LogP contribution in [0.4, 0.5) is 0 Å². The largest absolute Gasteiger partial charge is 0.426 e. The van der Waals surface area contributed by atoms with Crippen LogP contribution in [0.5, 0.6) is 0 Å². The second-order valence-electron chi connectivity index (χ2n) is 3.41. The molecule has 0 aliphatic carbocycles. The Kier molecular flexibility index (Phi) is 3.61. The molecule has 90 valence electrons. The van der Waals surface area contributed by atoms with Crippen LogP contribution in [0.1, 0.15) is 5.56 Å². The van der Waals surface area contributed by atoms with Gasteiger partial charge >= 0.3 is 5.97 Å². The molecule has 1 aromatic rings. The normalized spacial score (nSPS) is 21.5. The summed E-state index contributed by atoms with van der Waals surface area (Å²) >= 11 is 5.64. The minimum absolute atomic E-state index is 0.0551. The zero-order chi connectivity index (χ0) is 12.4. The van der Waals surface area contributed by atoms with Crippen molar-refractivity contribution >= 4 is 28.4 Å². The number of rotatable bonds is 3. The summed E-state index contributed by atoms with van der Waals surface area (Å²) in [5, 5.41) is 9.11. The summed E-state index contributed by atoms with van der Waals surface area (Å²) < 4.78 is 16.4. The summed E-state index contributed by atoms with van der Waals surface area (Å²) in [7, 11) is -1.58. The van der Waals surface area contributed by atoms with Crippen molar-refractivity contribution in [3.8, 4) is 0 Å². The first-order valence-electron chi connectivity index (χ1n) is 4.80. The molecule has 2 atom stereocenters. The van der Waals surface area contributed by atoms with Crippen molar-refractivity contribution < 1.29 is 18.8 Å². The van der Waals surface area contributed by atoms with Gasteiger partial charge in [0.05, 0.1) is 16.6 Å². The molecule has 0 radical (unpaired) electrons. The summed E-state index contributed by atoms with van der Waals surface area (Å²) in [4.78, 5) is 11.0. The number of halogens is 1. The molecule has 1 aromatic carbocycles. The number of ether oxygens (including phenoxy) is 1. The lowest BCUT2D eigenvalue weighted by Gasteiger charge is -2.06. The lowest BCUT2D eigenvalue weighted by molar-refractivity contribution is -0.150. The average Bonchev–Trinajstić information content (AvgIpc) is 2.54. The van der Waals surface area contributed by atoms with E-state index in [4.69, 9.17) is 11.6 Å². The van der Waals surface area contributed by atoms with Crippen LogP contribution in [-0.4, -0.2) is 21.6 Å². The average molecular weight is 273 g/mol. The maximum atomic E-state index is 12.0. The molecule has 4 nitrogen and oxygen atoms in total. The fourth-order valence-electron chi connectivity index (χ4n) is 1.43. The van der Waals surface area contributed by atoms with Gasteiger partial charge in [-0.15, -0.1) is 0 Å². The fraction of sp³-hybridized carbons (Fsp3) is 0.182. The van der Waals surface area contributed by atoms with Crippen molar-refractivity contribution in [3.05, 3.63) is 45.8 Å². The third-order valence-electron chi connectivity index (χ3n) is 2.22. The highest BCUT2D eigenvalue weighted by Crippen LogP contribution is 2.28. The van der Waals surface area contributed by atoms with Crippen molar-refractivity contribution in [2.45, 2.75) is 12.0 Å². The molecule has 0 bridgehead atoms. The molecular formula is C11H9ClO4S. The van der Waals surface area contributed by atoms with Crippen molar-refractivity contribution in [1.29, 1.82) is 0 Å². The van der Waals surface area contributed by atoms with Crippen LogP contribution >= 0.6 is 11.6 Å². The van der Waals surface area contributed by atoms with Crippen LogP contribution in [0.2, 0.25) is 0 Å². The first kappa shape index (κ1) is 12.3. The van der Waals surface area contributed by atoms with Gasteiger partial charge in [-0.25, -0.2) is 4.79 Å². The smallest absolute Gasteiger partial charge is 0.353 e. The molecule has 0 amide bonds. The molecule has 2 unspecified atom stereocenters. The van der Waals surface area contributed by atoms with Crippen LogP contribution in [0, 0.1) is 0 Å². The zero-order valence-corrected chi connectivity index (χ0v) is 10.2. The Morgan fingerprint density at radius 3 is 2.53 bits per heavy atom. The van der Waals surface area contributed by atoms with Gasteiger partial charge in [-0.05, 0) is 5.56 Å². The van der Waals surface area contributed by atoms with E-state index in [9.17, 15) is 14.1 Å². The molecule has 6 heteroatoms. The van der Waals surface area contributed by atoms with Crippen molar-refractivity contribution in [2.24, 2.45) is 0 Å². The van der Waals surface area contributed by atoms with Crippen LogP contribution in [-0.2, 0) is 26.1 Å². The Bertz CT molecular complexity index is 497. The Morgan fingerprint density at radius 1 is 1.35 bits per heavy atom. The van der Waals surface area contributed by atoms with Crippen LogP contribution < -0.4 is 0 Å². The van der Waals surface area contributed by atoms with Gasteiger partial charge in [-0.2, -0.15) is 0 Å². The Balaban J connectivity index is 2.19. The van der Waals surface area contributed by atoms with Gasteiger partial charge in [0.1, 0.15) is 9.94 Å². The van der Waals surface area contributed by atoms with Gasteiger partial charge in [0.15, 0.2) is 0 Å². The van der Waals surface area contributed by atoms with E-state index >= 15 is 0 Å². The van der Waals surface area contributed by atoms with Gasteiger partial charge in [0.25, 0.3) is 0 Å². The number of carbonyl (C=O) groups excluding carboxylic acids is 1. The number of hydrogen-bond acceptors (Lipinski definition) is 4. The minimum atomic E-state index is -1.58. The number of carbonyl (C=O) groups is 1. The Hall–Kier alpha value is -1.17. The predicted octanol–water partition coefficient (Wildman–Crippen LogP) is 1.26. The first-order valence-corrected chi connectivity index (χ1v) is 6.50. The summed E-state index contributed by atoms with van der Waals surface area (Å²) in [6, 6.07) is 9.08. The topological polar surface area (TPSA) is 63.6 Å². The fourth-order valence-corrected chi connectivity index (χ4v) is 3.03. The molecule has 0 saturated carbocycles. The molecular weight excluding hydrogens is 264 g/mol. The van der Waals surface area contributed by atoms with E-state index in [1.165, 1.54) is 0 Å². The third-order valence-corrected chi connectivity index (χ3v) is 4.19. The van der Waals surface area contributed by atoms with E-state index in [0.29, 0.717) is 0 Å². The number of esters is 1. The van der Waals surface area contributed by atoms with E-state index in [0.717, 1.165) is 5.56 Å². The molecule has 0 saturated heterocycles. The molecule has 1 aliphatic heterocycles. The minimum Gasteiger partial charge on any atom is -0.426 e. The highest BCUT2D eigenvalue weighted by Gasteiger charge is 2.35. The second kappa shape index (κ2) is 5.00. The number of cyclic esters (lactones) is 1. The number of benzene rings is 1. The zero-order valence-electron chi connectivity index (χ0n) is 8.63. The monoisotopic (exact) mass is 272 g/mol. The van der Waals surface area contributed by atoms with Crippen molar-refractivity contribution in [3.63, 3.8) is 0 Å². The molecule has 1 heterocycles. The summed E-state index contributed by atoms with van der Waals surface area (Å²) in [5.41, 5.74) is 0.828. The predicted molar refractivity (Wildman–Crippen MR) is 63.3 cm³/mol. The molecule has 0 fully saturated rings. The SMILES string of the molecule is O=C1OC(O)C(S(=O)Cc2ccccc2)=C1Cl. The summed E-state index contributed by atoms with van der Waals surface area (Å²) in [5.74, 6) is -0.657. The van der Waals surface area contributed by atoms with Gasteiger partial charge in [0.2, 0.25) is 6.29 Å². The molecule has 0 spiro atoms. The quantitative estimate of drug-likeness (QED) is 0.842. The first-order chi connectivity index (χ1) is 8.09. The molecule has 1 aliphatic rings. The van der Waals surface area contributed by atoms with Crippen LogP contribution in [0.25, 0.3) is 0 Å². The van der Waals surface area contributed by atoms with E-state index in [1.807, 2.05) is 18.2 Å². The molecule has 0 aromatic heterocycles. The lowest BCUT2D eigenvalue weighted by Crippen LogP contribution is -2.14. The Morgan fingerprint density at radius 2 is 2.00 bits per heavy atom. The van der Waals surface area contributed by atoms with E-state index in [2.05, 4.69) is 4.74 Å². The maximum Gasteiger partial charge on any atom is 0.353 e. The van der Waals surface area contributed by atoms with Gasteiger partial charge in [0, 0.05) is 0 Å². The molecule has 17 heavy (non-hydrogen) atoms. The van der Waals surface area contributed by atoms with Crippen molar-refractivity contribution in [2.75, 3.05) is 0 Å². The van der Waals surface area contributed by atoms with Gasteiger partial charge in [-0.1, -0.05) is 41.9 Å². The molecule has 1 N–H and O–H groups in total. The summed E-state index contributed by atoms with van der Waals surface area (Å²) in [6.45, 7) is 0. The summed E-state index contributed by atoms with van der Waals surface area (Å²) in [6.07, 6.45) is -1.50. The Labute approximate surface area is 105 Å². The number of aliphatic hydroxyl groups excluding tert-OH is 1. The van der Waals surface area contributed by atoms with Crippen LogP contribution in [0.15, 0.2) is 40.3 Å². The van der Waals surface area contributed by atoms with Gasteiger partial charge in [-0.3, -0.25) is 4.21 Å². The lowest BCUT2D eigenvalue weighted by atomic mass is 10.2. The third kappa shape index (κ3) is 2.57. The maximum absolute atomic E-state index is 12.0. The number of aliphatic hydroxyl groups is 1. The standard InChI is InChI=1S/C11H9ClO4S/c12-8-9(11(14)16-10(8)13)17(15)6-7-4-2-1-3-5-7/h1-5,11,14H,6H2. The highest BCUT2D eigenvalue weighted by atomic mass is 35.5. The van der Waals surface area contributed by atoms with Crippen LogP contribution in [0.3, 0.4) is 0 Å². The van der Waals surface area contributed by atoms with E-state index in [1.54, 1.807) is 12.1 Å². The number of hydrogen-bond donors (Lipinski definition) is 1. The molecule has 2 rings (SSSR count). The second-order valence-corrected chi connectivity index (χ2v) is 5.21. The van der Waals surface area contributed by atoms with Crippen molar-refractivity contribution in [1.82, 2.24) is 0 Å².